The summed E-state index contributed by atoms with van der Waals surface area (Å²) in [5.74, 6) is -0.557. The molecule has 116 valence electrons. The summed E-state index contributed by atoms with van der Waals surface area (Å²) in [4.78, 5) is 27.3. The fourth-order valence-electron chi connectivity index (χ4n) is 1.72. The first kappa shape index (κ1) is 16.0. The summed E-state index contributed by atoms with van der Waals surface area (Å²) in [6.07, 6.45) is 1.43. The molecule has 0 radical (unpaired) electrons. The zero-order chi connectivity index (χ0) is 16.1. The minimum atomic E-state index is -0.557. The number of rotatable bonds is 4. The molecule has 2 amide bonds. The van der Waals surface area contributed by atoms with Gasteiger partial charge in [0, 0.05) is 30.5 Å². The summed E-state index contributed by atoms with van der Waals surface area (Å²) >= 11 is 5.62. The topological polar surface area (TPSA) is 76.0 Å². The molecule has 2 N–H and O–H groups in total. The Hall–Kier alpha value is -2.41. The Labute approximate surface area is 130 Å². The van der Waals surface area contributed by atoms with Crippen molar-refractivity contribution >= 4 is 23.3 Å². The van der Waals surface area contributed by atoms with Crippen molar-refractivity contribution < 1.29 is 9.18 Å². The van der Waals surface area contributed by atoms with Crippen molar-refractivity contribution in [2.75, 3.05) is 11.9 Å². The molecule has 1 aromatic carbocycles. The first-order chi connectivity index (χ1) is 10.5. The van der Waals surface area contributed by atoms with Gasteiger partial charge in [-0.25, -0.2) is 14.2 Å². The molecular formula is C14H14ClFN4O2. The lowest BCUT2D eigenvalue weighted by molar-refractivity contribution is 0.251. The molecule has 0 aliphatic carbocycles. The van der Waals surface area contributed by atoms with Crippen LogP contribution in [0.25, 0.3) is 0 Å². The Balaban J connectivity index is 1.85. The summed E-state index contributed by atoms with van der Waals surface area (Å²) in [6, 6.07) is 4.81. The van der Waals surface area contributed by atoms with Crippen LogP contribution in [-0.2, 0) is 6.54 Å². The molecule has 0 aliphatic rings. The summed E-state index contributed by atoms with van der Waals surface area (Å²) in [5.41, 5.74) is 0.832. The maximum absolute atomic E-state index is 13.0. The standard InChI is InChI=1S/C14H14ClFN4O2/c1-9-6-13(21)20(8-18-9)5-4-17-14(22)19-10-2-3-12(16)11(15)7-10/h2-3,6-8H,4-5H2,1H3,(H2,17,19,22). The summed E-state index contributed by atoms with van der Waals surface area (Å²) in [7, 11) is 0. The Morgan fingerprint density at radius 3 is 2.86 bits per heavy atom. The van der Waals surface area contributed by atoms with Gasteiger partial charge in [0.15, 0.2) is 0 Å². The highest BCUT2D eigenvalue weighted by molar-refractivity contribution is 6.31. The van der Waals surface area contributed by atoms with E-state index in [1.165, 1.54) is 29.1 Å². The molecule has 2 rings (SSSR count). The van der Waals surface area contributed by atoms with Crippen LogP contribution in [0.5, 0.6) is 0 Å². The van der Waals surface area contributed by atoms with E-state index in [1.54, 1.807) is 6.92 Å². The van der Waals surface area contributed by atoms with Crippen molar-refractivity contribution in [3.63, 3.8) is 0 Å². The molecule has 1 aromatic heterocycles. The lowest BCUT2D eigenvalue weighted by Gasteiger charge is -2.09. The van der Waals surface area contributed by atoms with Gasteiger partial charge in [-0.3, -0.25) is 9.36 Å². The van der Waals surface area contributed by atoms with Crippen molar-refractivity contribution in [2.24, 2.45) is 0 Å². The number of hydrogen-bond acceptors (Lipinski definition) is 3. The lowest BCUT2D eigenvalue weighted by atomic mass is 10.3. The zero-order valence-corrected chi connectivity index (χ0v) is 12.5. The van der Waals surface area contributed by atoms with Gasteiger partial charge < -0.3 is 10.6 Å². The molecule has 8 heteroatoms. The maximum atomic E-state index is 13.0. The van der Waals surface area contributed by atoms with Gasteiger partial charge in [-0.2, -0.15) is 0 Å². The molecule has 0 atom stereocenters. The van der Waals surface area contributed by atoms with E-state index < -0.39 is 11.8 Å². The number of carbonyl (C=O) groups is 1. The van der Waals surface area contributed by atoms with Crippen molar-refractivity contribution in [1.82, 2.24) is 14.9 Å². The second-order valence-electron chi connectivity index (χ2n) is 4.57. The van der Waals surface area contributed by atoms with Crippen LogP contribution in [0, 0.1) is 12.7 Å². The monoisotopic (exact) mass is 324 g/mol. The molecule has 0 saturated carbocycles. The van der Waals surface area contributed by atoms with E-state index in [2.05, 4.69) is 15.6 Å². The largest absolute Gasteiger partial charge is 0.336 e. The lowest BCUT2D eigenvalue weighted by Crippen LogP contribution is -2.33. The molecule has 1 heterocycles. The second kappa shape index (κ2) is 7.04. The quantitative estimate of drug-likeness (QED) is 0.905. The van der Waals surface area contributed by atoms with E-state index >= 15 is 0 Å². The van der Waals surface area contributed by atoms with Crippen molar-refractivity contribution in [1.29, 1.82) is 0 Å². The van der Waals surface area contributed by atoms with Crippen LogP contribution in [0.3, 0.4) is 0 Å². The molecule has 0 spiro atoms. The van der Waals surface area contributed by atoms with E-state index in [0.717, 1.165) is 6.07 Å². The second-order valence-corrected chi connectivity index (χ2v) is 4.98. The third-order valence-electron chi connectivity index (χ3n) is 2.83. The normalized spacial score (nSPS) is 10.3. The number of halogens is 2. The minimum Gasteiger partial charge on any atom is -0.336 e. The van der Waals surface area contributed by atoms with E-state index in [-0.39, 0.29) is 17.1 Å². The third kappa shape index (κ3) is 4.29. The van der Waals surface area contributed by atoms with Gasteiger partial charge >= 0.3 is 6.03 Å². The summed E-state index contributed by atoms with van der Waals surface area (Å²) in [6.45, 7) is 2.26. The number of anilines is 1. The van der Waals surface area contributed by atoms with Gasteiger partial charge in [-0.15, -0.1) is 0 Å². The summed E-state index contributed by atoms with van der Waals surface area (Å²) in [5, 5.41) is 5.02. The van der Waals surface area contributed by atoms with Crippen LogP contribution < -0.4 is 16.2 Å². The molecule has 0 saturated heterocycles. The Morgan fingerprint density at radius 1 is 1.41 bits per heavy atom. The number of amides is 2. The van der Waals surface area contributed by atoms with Gasteiger partial charge in [0.05, 0.1) is 11.3 Å². The van der Waals surface area contributed by atoms with Gasteiger partial charge in [0.25, 0.3) is 5.56 Å². The number of benzene rings is 1. The molecule has 22 heavy (non-hydrogen) atoms. The van der Waals surface area contributed by atoms with E-state index in [9.17, 15) is 14.0 Å². The first-order valence-electron chi connectivity index (χ1n) is 6.48. The minimum absolute atomic E-state index is 0.0740. The van der Waals surface area contributed by atoms with Gasteiger partial charge in [0.1, 0.15) is 5.82 Å². The zero-order valence-electron chi connectivity index (χ0n) is 11.8. The van der Waals surface area contributed by atoms with Crippen molar-refractivity contribution in [3.05, 3.63) is 57.5 Å². The van der Waals surface area contributed by atoms with Crippen LogP contribution in [0.2, 0.25) is 5.02 Å². The number of aryl methyl sites for hydroxylation is 1. The maximum Gasteiger partial charge on any atom is 0.319 e. The third-order valence-corrected chi connectivity index (χ3v) is 3.12. The number of nitrogens with zero attached hydrogens (tertiary/aromatic N) is 2. The van der Waals surface area contributed by atoms with Gasteiger partial charge in [-0.05, 0) is 25.1 Å². The number of urea groups is 1. The van der Waals surface area contributed by atoms with Gasteiger partial charge in [0.2, 0.25) is 0 Å². The predicted molar refractivity (Wildman–Crippen MR) is 81.7 cm³/mol. The SMILES string of the molecule is Cc1cc(=O)n(CCNC(=O)Nc2ccc(F)c(Cl)c2)cn1. The molecular weight excluding hydrogens is 311 g/mol. The number of hydrogen-bond donors (Lipinski definition) is 2. The van der Waals surface area contributed by atoms with Crippen LogP contribution >= 0.6 is 11.6 Å². The Kier molecular flexibility index (Phi) is 5.11. The highest BCUT2D eigenvalue weighted by Gasteiger charge is 2.05. The van der Waals surface area contributed by atoms with E-state index in [4.69, 9.17) is 11.6 Å². The molecule has 0 bridgehead atoms. The predicted octanol–water partition coefficient (Wildman–Crippen LogP) is 2.17. The molecule has 2 aromatic rings. The Morgan fingerprint density at radius 2 is 2.18 bits per heavy atom. The average molecular weight is 325 g/mol. The highest BCUT2D eigenvalue weighted by Crippen LogP contribution is 2.19. The van der Waals surface area contributed by atoms with Crippen LogP contribution in [0.4, 0.5) is 14.9 Å². The molecule has 0 unspecified atom stereocenters. The Bertz CT molecular complexity index is 748. The molecule has 6 nitrogen and oxygen atoms in total. The number of aromatic nitrogens is 2. The highest BCUT2D eigenvalue weighted by atomic mass is 35.5. The van der Waals surface area contributed by atoms with Crippen LogP contribution in [-0.4, -0.2) is 22.1 Å². The van der Waals surface area contributed by atoms with E-state index in [0.29, 0.717) is 17.9 Å². The van der Waals surface area contributed by atoms with Gasteiger partial charge in [-0.1, -0.05) is 11.6 Å². The molecule has 0 fully saturated rings. The van der Waals surface area contributed by atoms with Crippen molar-refractivity contribution in [2.45, 2.75) is 13.5 Å². The smallest absolute Gasteiger partial charge is 0.319 e. The fourth-order valence-corrected chi connectivity index (χ4v) is 1.90. The first-order valence-corrected chi connectivity index (χ1v) is 6.86. The molecule has 0 aliphatic heterocycles. The average Bonchev–Trinajstić information content (AvgIpc) is 2.45. The fraction of sp³-hybridized carbons (Fsp3) is 0.214. The van der Waals surface area contributed by atoms with E-state index in [1.807, 2.05) is 0 Å². The van der Waals surface area contributed by atoms with Crippen LogP contribution in [0.1, 0.15) is 5.69 Å². The van der Waals surface area contributed by atoms with Crippen molar-refractivity contribution in [3.8, 4) is 0 Å². The number of nitrogens with one attached hydrogen (secondary N) is 2. The van der Waals surface area contributed by atoms with Crippen LogP contribution in [0.15, 0.2) is 35.4 Å². The number of carbonyl (C=O) groups excluding carboxylic acids is 1. The summed E-state index contributed by atoms with van der Waals surface area (Å²) < 4.78 is 14.4.